The number of ether oxygens (including phenoxy) is 2. The number of benzene rings is 1. The van der Waals surface area contributed by atoms with Gasteiger partial charge >= 0.3 is 5.97 Å². The molecule has 0 radical (unpaired) electrons. The average molecular weight is 293 g/mol. The molecule has 1 N–H and O–H groups in total. The minimum Gasteiger partial charge on any atom is -0.491 e. The molecule has 1 aliphatic heterocycles. The van der Waals surface area contributed by atoms with Gasteiger partial charge in [0.2, 0.25) is 0 Å². The molecule has 1 aliphatic rings. The van der Waals surface area contributed by atoms with Gasteiger partial charge < -0.3 is 14.6 Å². The fourth-order valence-corrected chi connectivity index (χ4v) is 2.71. The molecule has 5 heteroatoms. The highest BCUT2D eigenvalue weighted by molar-refractivity contribution is 5.69. The Morgan fingerprint density at radius 3 is 2.71 bits per heavy atom. The molecule has 0 bridgehead atoms. The molecule has 0 aliphatic carbocycles. The average Bonchev–Trinajstić information content (AvgIpc) is 2.46. The molecule has 1 aromatic rings. The zero-order valence-corrected chi connectivity index (χ0v) is 12.7. The Kier molecular flexibility index (Phi) is 5.20. The van der Waals surface area contributed by atoms with Crippen LogP contribution in [0.5, 0.6) is 5.75 Å². The van der Waals surface area contributed by atoms with Gasteiger partial charge in [-0.1, -0.05) is 17.7 Å². The van der Waals surface area contributed by atoms with Gasteiger partial charge in [0, 0.05) is 13.7 Å². The number of carboxylic acids is 1. The summed E-state index contributed by atoms with van der Waals surface area (Å²) in [6, 6.07) is 7.89. The van der Waals surface area contributed by atoms with E-state index in [4.69, 9.17) is 14.6 Å². The minimum atomic E-state index is -0.804. The lowest BCUT2D eigenvalue weighted by Gasteiger charge is -2.40. The first kappa shape index (κ1) is 15.8. The standard InChI is InChI=1S/C16H23NO4/c1-13-4-6-14(7-5-13)21-12-16(20-2)8-3-9-17(11-16)10-15(18)19/h4-7H,3,8-12H2,1-2H3,(H,18,19)/t16-/m1/s1. The van der Waals surface area contributed by atoms with Gasteiger partial charge in [-0.15, -0.1) is 0 Å². The Balaban J connectivity index is 1.96. The number of aliphatic carboxylic acids is 1. The second kappa shape index (κ2) is 6.91. The summed E-state index contributed by atoms with van der Waals surface area (Å²) in [6.45, 7) is 3.90. The Morgan fingerprint density at radius 1 is 1.38 bits per heavy atom. The molecular weight excluding hydrogens is 270 g/mol. The molecule has 0 unspecified atom stereocenters. The summed E-state index contributed by atoms with van der Waals surface area (Å²) in [5.41, 5.74) is 0.757. The molecule has 1 heterocycles. The normalized spacial score (nSPS) is 23.0. The highest BCUT2D eigenvalue weighted by Gasteiger charge is 2.37. The van der Waals surface area contributed by atoms with Crippen molar-refractivity contribution in [1.29, 1.82) is 0 Å². The summed E-state index contributed by atoms with van der Waals surface area (Å²) in [7, 11) is 1.67. The lowest BCUT2D eigenvalue weighted by Crippen LogP contribution is -2.53. The zero-order valence-electron chi connectivity index (χ0n) is 12.7. The summed E-state index contributed by atoms with van der Waals surface area (Å²) in [5, 5.41) is 8.93. The Labute approximate surface area is 125 Å². The number of rotatable bonds is 6. The predicted molar refractivity (Wildman–Crippen MR) is 79.7 cm³/mol. The van der Waals surface area contributed by atoms with Crippen LogP contribution < -0.4 is 4.74 Å². The number of hydrogen-bond donors (Lipinski definition) is 1. The maximum atomic E-state index is 10.9. The van der Waals surface area contributed by atoms with Crippen LogP contribution in [-0.4, -0.2) is 54.9 Å². The van der Waals surface area contributed by atoms with Crippen LogP contribution in [0, 0.1) is 6.92 Å². The molecule has 0 spiro atoms. The van der Waals surface area contributed by atoms with Gasteiger partial charge in [-0.25, -0.2) is 0 Å². The minimum absolute atomic E-state index is 0.0512. The van der Waals surface area contributed by atoms with Crippen LogP contribution in [0.2, 0.25) is 0 Å². The SMILES string of the molecule is CO[C@]1(COc2ccc(C)cc2)CCCN(CC(=O)O)C1. The van der Waals surface area contributed by atoms with E-state index in [-0.39, 0.29) is 6.54 Å². The Morgan fingerprint density at radius 2 is 2.10 bits per heavy atom. The molecule has 1 saturated heterocycles. The molecule has 116 valence electrons. The summed E-state index contributed by atoms with van der Waals surface area (Å²) in [4.78, 5) is 12.8. The van der Waals surface area contributed by atoms with Crippen molar-refractivity contribution in [2.24, 2.45) is 0 Å². The summed E-state index contributed by atoms with van der Waals surface area (Å²) >= 11 is 0. The first-order valence-electron chi connectivity index (χ1n) is 7.22. The molecule has 0 aromatic heterocycles. The van der Waals surface area contributed by atoms with Crippen LogP contribution in [0.15, 0.2) is 24.3 Å². The molecule has 21 heavy (non-hydrogen) atoms. The number of hydrogen-bond acceptors (Lipinski definition) is 4. The lowest BCUT2D eigenvalue weighted by molar-refractivity contribution is -0.141. The number of carbonyl (C=O) groups is 1. The van der Waals surface area contributed by atoms with Crippen LogP contribution >= 0.6 is 0 Å². The van der Waals surface area contributed by atoms with E-state index >= 15 is 0 Å². The van der Waals surface area contributed by atoms with E-state index in [9.17, 15) is 4.79 Å². The quantitative estimate of drug-likeness (QED) is 0.868. The van der Waals surface area contributed by atoms with Crippen molar-refractivity contribution in [1.82, 2.24) is 4.90 Å². The van der Waals surface area contributed by atoms with Crippen molar-refractivity contribution in [2.75, 3.05) is 33.4 Å². The van der Waals surface area contributed by atoms with Gasteiger partial charge in [-0.05, 0) is 38.4 Å². The number of methoxy groups -OCH3 is 1. The van der Waals surface area contributed by atoms with Crippen molar-refractivity contribution < 1.29 is 19.4 Å². The molecule has 0 saturated carbocycles. The van der Waals surface area contributed by atoms with Crippen molar-refractivity contribution in [3.05, 3.63) is 29.8 Å². The third kappa shape index (κ3) is 4.44. The monoisotopic (exact) mass is 293 g/mol. The van der Waals surface area contributed by atoms with Gasteiger partial charge in [-0.2, -0.15) is 0 Å². The maximum Gasteiger partial charge on any atom is 0.317 e. The molecular formula is C16H23NO4. The number of nitrogens with zero attached hydrogens (tertiary/aromatic N) is 1. The first-order chi connectivity index (χ1) is 10.0. The number of piperidine rings is 1. The lowest BCUT2D eigenvalue weighted by atomic mass is 9.93. The second-order valence-corrected chi connectivity index (χ2v) is 5.70. The third-order valence-electron chi connectivity index (χ3n) is 3.93. The molecule has 5 nitrogen and oxygen atoms in total. The first-order valence-corrected chi connectivity index (χ1v) is 7.22. The largest absolute Gasteiger partial charge is 0.491 e. The van der Waals surface area contributed by atoms with Gasteiger partial charge in [0.15, 0.2) is 0 Å². The zero-order chi connectivity index (χ0) is 15.3. The van der Waals surface area contributed by atoms with E-state index < -0.39 is 11.6 Å². The van der Waals surface area contributed by atoms with Crippen molar-refractivity contribution in [2.45, 2.75) is 25.4 Å². The molecule has 1 atom stereocenters. The van der Waals surface area contributed by atoms with Crippen molar-refractivity contribution in [3.63, 3.8) is 0 Å². The fourth-order valence-electron chi connectivity index (χ4n) is 2.71. The summed E-state index contributed by atoms with van der Waals surface area (Å²) in [6.07, 6.45) is 1.80. The summed E-state index contributed by atoms with van der Waals surface area (Å²) < 4.78 is 11.5. The van der Waals surface area contributed by atoms with E-state index in [2.05, 4.69) is 0 Å². The predicted octanol–water partition coefficient (Wildman–Crippen LogP) is 1.94. The van der Waals surface area contributed by atoms with E-state index in [1.165, 1.54) is 5.56 Å². The Hall–Kier alpha value is -1.59. The molecule has 1 aromatic carbocycles. The van der Waals surface area contributed by atoms with Gasteiger partial charge in [0.25, 0.3) is 0 Å². The van der Waals surface area contributed by atoms with Crippen LogP contribution in [0.1, 0.15) is 18.4 Å². The van der Waals surface area contributed by atoms with E-state index in [0.717, 1.165) is 25.1 Å². The highest BCUT2D eigenvalue weighted by atomic mass is 16.5. The smallest absolute Gasteiger partial charge is 0.317 e. The van der Waals surface area contributed by atoms with Crippen molar-refractivity contribution in [3.8, 4) is 5.75 Å². The van der Waals surface area contributed by atoms with E-state index in [0.29, 0.717) is 13.2 Å². The number of carboxylic acid groups (broad SMARTS) is 1. The van der Waals surface area contributed by atoms with Gasteiger partial charge in [-0.3, -0.25) is 9.69 Å². The number of likely N-dealkylation sites (tertiary alicyclic amines) is 1. The molecule has 0 amide bonds. The second-order valence-electron chi connectivity index (χ2n) is 5.70. The Bertz CT molecular complexity index is 474. The summed E-state index contributed by atoms with van der Waals surface area (Å²) in [5.74, 6) is 0.00809. The molecule has 1 fully saturated rings. The van der Waals surface area contributed by atoms with Crippen LogP contribution in [0.25, 0.3) is 0 Å². The fraction of sp³-hybridized carbons (Fsp3) is 0.562. The van der Waals surface area contributed by atoms with Crippen molar-refractivity contribution >= 4 is 5.97 Å². The maximum absolute atomic E-state index is 10.9. The van der Waals surface area contributed by atoms with Gasteiger partial charge in [0.05, 0.1) is 6.54 Å². The van der Waals surface area contributed by atoms with Crippen LogP contribution in [0.3, 0.4) is 0 Å². The van der Waals surface area contributed by atoms with Gasteiger partial charge in [0.1, 0.15) is 18.0 Å². The molecule has 2 rings (SSSR count). The van der Waals surface area contributed by atoms with Crippen LogP contribution in [-0.2, 0) is 9.53 Å². The van der Waals surface area contributed by atoms with E-state index in [1.807, 2.05) is 36.1 Å². The third-order valence-corrected chi connectivity index (χ3v) is 3.93. The van der Waals surface area contributed by atoms with Crippen LogP contribution in [0.4, 0.5) is 0 Å². The topological polar surface area (TPSA) is 59.0 Å². The number of aryl methyl sites for hydroxylation is 1. The van der Waals surface area contributed by atoms with E-state index in [1.54, 1.807) is 7.11 Å². The highest BCUT2D eigenvalue weighted by Crippen LogP contribution is 2.26.